The Kier molecular flexibility index (Phi) is 4.14. The van der Waals surface area contributed by atoms with E-state index in [9.17, 15) is 0 Å². The van der Waals surface area contributed by atoms with Crippen LogP contribution in [0.4, 0.5) is 0 Å². The number of hydrogen-bond acceptors (Lipinski definition) is 1. The van der Waals surface area contributed by atoms with Crippen molar-refractivity contribution in [3.63, 3.8) is 0 Å². The van der Waals surface area contributed by atoms with Crippen LogP contribution in [0.15, 0.2) is 24.3 Å². The minimum Gasteiger partial charge on any atom is -0.497 e. The zero-order valence-corrected chi connectivity index (χ0v) is 7.03. The molecule has 1 rings (SSSR count). The number of ether oxygens (including phenoxy) is 1. The summed E-state index contributed by atoms with van der Waals surface area (Å²) < 4.78 is 4.96. The second kappa shape index (κ2) is 4.35. The molecule has 1 atom stereocenters. The fraction of sp³-hybridized carbons (Fsp3) is 0.143. The van der Waals surface area contributed by atoms with Crippen molar-refractivity contribution in [2.45, 2.75) is 0 Å². The Balaban J connectivity index is 0.000000810. The Bertz CT molecular complexity index is 185. The predicted molar refractivity (Wildman–Crippen MR) is 48.1 cm³/mol. The molecular weight excluding hydrogens is 142 g/mol. The molecule has 51 valence electrons. The third-order valence-electron chi connectivity index (χ3n) is 1.12. The van der Waals surface area contributed by atoms with Crippen molar-refractivity contribution in [1.82, 2.24) is 0 Å². The van der Waals surface area contributed by atoms with E-state index >= 15 is 0 Å². The Labute approximate surface area is 65.6 Å². The zero-order valence-electron chi connectivity index (χ0n) is 5.87. The number of rotatable bonds is 1. The van der Waals surface area contributed by atoms with E-state index in [1.807, 2.05) is 24.3 Å². The first-order chi connectivity index (χ1) is 4.33. The lowest BCUT2D eigenvalue weighted by Crippen LogP contribution is -1.88. The van der Waals surface area contributed by atoms with E-state index in [-0.39, 0.29) is 8.41 Å². The van der Waals surface area contributed by atoms with E-state index in [2.05, 4.69) is 9.24 Å². The van der Waals surface area contributed by atoms with Gasteiger partial charge in [0.25, 0.3) is 0 Å². The highest BCUT2D eigenvalue weighted by molar-refractivity contribution is 7.27. The Morgan fingerprint density at radius 3 is 2.10 bits per heavy atom. The molecule has 0 aliphatic carbocycles. The summed E-state index contributed by atoms with van der Waals surface area (Å²) in [6.45, 7) is 0. The van der Waals surface area contributed by atoms with Gasteiger partial charge in [0, 0.05) is 8.41 Å². The molecule has 3 heteroatoms. The van der Waals surface area contributed by atoms with Gasteiger partial charge in [-0.2, -0.15) is 0 Å². The first kappa shape index (κ1) is 9.51. The van der Waals surface area contributed by atoms with Crippen LogP contribution in [-0.2, 0) is 0 Å². The van der Waals surface area contributed by atoms with Gasteiger partial charge in [-0.15, -0.1) is 9.24 Å². The number of benzene rings is 1. The number of hydrogen-bond donors (Lipinski definition) is 0. The summed E-state index contributed by atoms with van der Waals surface area (Å²) in [5, 5.41) is 1.18. The minimum absolute atomic E-state index is 0. The maximum Gasteiger partial charge on any atom is 0.118 e. The lowest BCUT2D eigenvalue weighted by Gasteiger charge is -1.96. The van der Waals surface area contributed by atoms with Crippen LogP contribution in [-0.4, -0.2) is 15.5 Å². The first-order valence-corrected chi connectivity index (χ1v) is 3.30. The maximum absolute atomic E-state index is 4.96. The summed E-state index contributed by atoms with van der Waals surface area (Å²) in [4.78, 5) is 0. The summed E-state index contributed by atoms with van der Waals surface area (Å²) in [7, 11) is 4.28. The molecule has 0 aliphatic heterocycles. The molecule has 0 aromatic heterocycles. The van der Waals surface area contributed by atoms with Crippen LogP contribution < -0.4 is 10.0 Å². The van der Waals surface area contributed by atoms with Crippen molar-refractivity contribution in [2.75, 3.05) is 7.11 Å². The van der Waals surface area contributed by atoms with E-state index in [1.165, 1.54) is 5.30 Å². The molecule has 0 aliphatic rings. The van der Waals surface area contributed by atoms with Crippen molar-refractivity contribution in [2.24, 2.45) is 0 Å². The lowest BCUT2D eigenvalue weighted by atomic mass is 10.3. The van der Waals surface area contributed by atoms with Gasteiger partial charge >= 0.3 is 0 Å². The molecule has 0 saturated heterocycles. The Morgan fingerprint density at radius 2 is 1.70 bits per heavy atom. The van der Waals surface area contributed by atoms with Crippen molar-refractivity contribution < 1.29 is 4.74 Å². The largest absolute Gasteiger partial charge is 0.497 e. The van der Waals surface area contributed by atoms with Gasteiger partial charge in [-0.3, -0.25) is 0 Å². The van der Waals surface area contributed by atoms with E-state index in [4.69, 9.17) is 4.74 Å². The first-order valence-electron chi connectivity index (χ1n) is 2.72. The van der Waals surface area contributed by atoms with E-state index < -0.39 is 0 Å². The Hall–Kier alpha value is -0.485. The molecule has 0 bridgehead atoms. The SMILES string of the molecule is COc1ccc(P)cc1.[B]. The van der Waals surface area contributed by atoms with Crippen LogP contribution in [0.3, 0.4) is 0 Å². The van der Waals surface area contributed by atoms with Gasteiger partial charge in [-0.05, 0) is 17.4 Å². The molecule has 1 nitrogen and oxygen atoms in total. The highest BCUT2D eigenvalue weighted by atomic mass is 31.0. The molecule has 1 aromatic rings. The average molecular weight is 151 g/mol. The molecule has 0 amide bonds. The third kappa shape index (κ3) is 2.41. The quantitative estimate of drug-likeness (QED) is 0.426. The standard InChI is InChI=1S/C7H9OP.B/c1-8-6-2-4-7(9)5-3-6;/h2-5H,9H2,1H3;. The van der Waals surface area contributed by atoms with Gasteiger partial charge in [-0.25, -0.2) is 0 Å². The smallest absolute Gasteiger partial charge is 0.118 e. The van der Waals surface area contributed by atoms with Crippen molar-refractivity contribution in [3.8, 4) is 5.75 Å². The minimum atomic E-state index is 0. The van der Waals surface area contributed by atoms with Crippen LogP contribution in [0.1, 0.15) is 0 Å². The van der Waals surface area contributed by atoms with Gasteiger partial charge in [0.15, 0.2) is 0 Å². The summed E-state index contributed by atoms with van der Waals surface area (Å²) in [6, 6.07) is 7.84. The molecule has 1 unspecified atom stereocenters. The highest BCUT2D eigenvalue weighted by Gasteiger charge is 1.85. The van der Waals surface area contributed by atoms with Gasteiger partial charge < -0.3 is 4.74 Å². The van der Waals surface area contributed by atoms with Crippen LogP contribution >= 0.6 is 9.24 Å². The van der Waals surface area contributed by atoms with Crippen LogP contribution in [0, 0.1) is 0 Å². The summed E-state index contributed by atoms with van der Waals surface area (Å²) in [5.74, 6) is 0.904. The van der Waals surface area contributed by atoms with Crippen molar-refractivity contribution in [1.29, 1.82) is 0 Å². The fourth-order valence-corrected chi connectivity index (χ4v) is 0.796. The molecule has 0 fully saturated rings. The van der Waals surface area contributed by atoms with Crippen LogP contribution in [0.25, 0.3) is 0 Å². The molecule has 1 aromatic carbocycles. The lowest BCUT2D eigenvalue weighted by molar-refractivity contribution is 0.415. The van der Waals surface area contributed by atoms with E-state index in [1.54, 1.807) is 7.11 Å². The van der Waals surface area contributed by atoms with Crippen molar-refractivity contribution >= 4 is 23.0 Å². The van der Waals surface area contributed by atoms with E-state index in [0.717, 1.165) is 5.75 Å². The molecule has 0 spiro atoms. The Morgan fingerprint density at radius 1 is 1.20 bits per heavy atom. The van der Waals surface area contributed by atoms with Gasteiger partial charge in [0.1, 0.15) is 5.75 Å². The normalized spacial score (nSPS) is 8.20. The monoisotopic (exact) mass is 151 g/mol. The topological polar surface area (TPSA) is 9.23 Å². The molecule has 0 saturated carbocycles. The molecule has 0 heterocycles. The highest BCUT2D eigenvalue weighted by Crippen LogP contribution is 2.06. The molecule has 3 radical (unpaired) electrons. The zero-order chi connectivity index (χ0) is 6.69. The second-order valence-electron chi connectivity index (χ2n) is 1.77. The number of methoxy groups -OCH3 is 1. The van der Waals surface area contributed by atoms with Crippen molar-refractivity contribution in [3.05, 3.63) is 24.3 Å². The molecule has 10 heavy (non-hydrogen) atoms. The molecule has 0 N–H and O–H groups in total. The van der Waals surface area contributed by atoms with Gasteiger partial charge in [-0.1, -0.05) is 12.1 Å². The van der Waals surface area contributed by atoms with Crippen LogP contribution in [0.5, 0.6) is 5.75 Å². The maximum atomic E-state index is 4.96. The third-order valence-corrected chi connectivity index (χ3v) is 1.50. The van der Waals surface area contributed by atoms with Crippen LogP contribution in [0.2, 0.25) is 0 Å². The summed E-state index contributed by atoms with van der Waals surface area (Å²) in [5.41, 5.74) is 0. The summed E-state index contributed by atoms with van der Waals surface area (Å²) >= 11 is 0. The average Bonchev–Trinajstić information content (AvgIpc) is 1.90. The van der Waals surface area contributed by atoms with Gasteiger partial charge in [0.2, 0.25) is 0 Å². The van der Waals surface area contributed by atoms with Gasteiger partial charge in [0.05, 0.1) is 7.11 Å². The molecular formula is C7H9BOP. The second-order valence-corrected chi connectivity index (χ2v) is 2.44. The predicted octanol–water partition coefficient (Wildman–Crippen LogP) is 0.815. The summed E-state index contributed by atoms with van der Waals surface area (Å²) in [6.07, 6.45) is 0. The fourth-order valence-electron chi connectivity index (χ4n) is 0.604. The van der Waals surface area contributed by atoms with E-state index in [0.29, 0.717) is 0 Å².